The average Bonchev–Trinajstić information content (AvgIpc) is 2.63. The molecule has 1 aliphatic heterocycles. The molecule has 1 N–H and O–H groups in total. The van der Waals surface area contributed by atoms with Gasteiger partial charge in [-0.2, -0.15) is 26.3 Å². The summed E-state index contributed by atoms with van der Waals surface area (Å²) < 4.78 is 77.5. The van der Waals surface area contributed by atoms with Crippen molar-refractivity contribution in [3.05, 3.63) is 65.2 Å². The van der Waals surface area contributed by atoms with Gasteiger partial charge in [-0.3, -0.25) is 14.5 Å². The summed E-state index contributed by atoms with van der Waals surface area (Å²) in [5.74, 6) is -1.25. The normalized spacial score (nSPS) is 14.7. The van der Waals surface area contributed by atoms with Crippen LogP contribution in [0.25, 0.3) is 6.08 Å². The lowest BCUT2D eigenvalue weighted by Gasteiger charge is -2.28. The predicted octanol–water partition coefficient (Wildman–Crippen LogP) is 4.72. The van der Waals surface area contributed by atoms with Gasteiger partial charge in [0, 0.05) is 6.08 Å². The number of hydrogen-bond acceptors (Lipinski definition) is 2. The van der Waals surface area contributed by atoms with Gasteiger partial charge in [0.05, 0.1) is 22.5 Å². The van der Waals surface area contributed by atoms with Crippen molar-refractivity contribution in [3.63, 3.8) is 0 Å². The number of amides is 2. The Balaban J connectivity index is 1.94. The van der Waals surface area contributed by atoms with Crippen molar-refractivity contribution in [1.82, 2.24) is 0 Å². The lowest BCUT2D eigenvalue weighted by Crippen LogP contribution is -2.41. The maximum absolute atomic E-state index is 12.9. The Kier molecular flexibility index (Phi) is 5.12. The number of nitrogens with zero attached hydrogens (tertiary/aromatic N) is 1. The van der Waals surface area contributed by atoms with Gasteiger partial charge in [0.2, 0.25) is 5.91 Å². The van der Waals surface area contributed by atoms with Crippen LogP contribution in [0.5, 0.6) is 0 Å². The van der Waals surface area contributed by atoms with Crippen LogP contribution < -0.4 is 10.2 Å². The van der Waals surface area contributed by atoms with Crippen LogP contribution in [0.3, 0.4) is 0 Å². The van der Waals surface area contributed by atoms with Crippen LogP contribution in [0.15, 0.2) is 48.5 Å². The SMILES string of the molecule is O=C1CN(C(=O)/C=C/c2cc(C(F)(F)F)cc(C(F)(F)F)c2)c2ccccc2N1. The molecule has 0 fully saturated rings. The molecule has 1 heterocycles. The zero-order valence-corrected chi connectivity index (χ0v) is 14.4. The first kappa shape index (κ1) is 20.4. The zero-order valence-electron chi connectivity index (χ0n) is 14.4. The monoisotopic (exact) mass is 414 g/mol. The average molecular weight is 414 g/mol. The summed E-state index contributed by atoms with van der Waals surface area (Å²) in [5, 5.41) is 2.56. The Morgan fingerprint density at radius 3 is 2.14 bits per heavy atom. The number of hydrogen-bond donors (Lipinski definition) is 1. The molecule has 0 bridgehead atoms. The summed E-state index contributed by atoms with van der Waals surface area (Å²) in [6, 6.07) is 7.37. The van der Waals surface area contributed by atoms with Crippen LogP contribution in [0.1, 0.15) is 16.7 Å². The topological polar surface area (TPSA) is 49.4 Å². The molecule has 0 aliphatic carbocycles. The van der Waals surface area contributed by atoms with Gasteiger partial charge in [-0.1, -0.05) is 12.1 Å². The van der Waals surface area contributed by atoms with Gasteiger partial charge in [-0.15, -0.1) is 0 Å². The third kappa shape index (κ3) is 4.58. The molecule has 0 saturated heterocycles. The largest absolute Gasteiger partial charge is 0.416 e. The molecule has 1 aliphatic rings. The number of para-hydroxylation sites is 2. The smallest absolute Gasteiger partial charge is 0.323 e. The number of carbonyl (C=O) groups excluding carboxylic acids is 2. The predicted molar refractivity (Wildman–Crippen MR) is 92.9 cm³/mol. The van der Waals surface area contributed by atoms with Crippen LogP contribution >= 0.6 is 0 Å². The van der Waals surface area contributed by atoms with E-state index in [0.29, 0.717) is 23.5 Å². The Morgan fingerprint density at radius 1 is 0.966 bits per heavy atom. The van der Waals surface area contributed by atoms with Crippen molar-refractivity contribution < 1.29 is 35.9 Å². The molecule has 3 rings (SSSR count). The third-order valence-corrected chi connectivity index (χ3v) is 4.07. The summed E-state index contributed by atoms with van der Waals surface area (Å²) in [6.07, 6.45) is -8.30. The van der Waals surface area contributed by atoms with Gasteiger partial charge in [-0.05, 0) is 42.0 Å². The van der Waals surface area contributed by atoms with E-state index in [2.05, 4.69) is 5.32 Å². The van der Waals surface area contributed by atoms with E-state index in [0.717, 1.165) is 17.1 Å². The highest BCUT2D eigenvalue weighted by molar-refractivity contribution is 6.13. The standard InChI is InChI=1S/C19H12F6N2O2/c20-18(21,22)12-7-11(8-13(9-12)19(23,24)25)5-6-17(29)27-10-16(28)26-14-3-1-2-4-15(14)27/h1-9H,10H2,(H,26,28)/b6-5+. The summed E-state index contributed by atoms with van der Waals surface area (Å²) in [4.78, 5) is 25.3. The molecule has 0 unspecified atom stereocenters. The van der Waals surface area contributed by atoms with Crippen LogP contribution in [0.2, 0.25) is 0 Å². The highest BCUT2D eigenvalue weighted by Crippen LogP contribution is 2.36. The molecule has 0 aromatic heterocycles. The van der Waals surface area contributed by atoms with Crippen LogP contribution in [0, 0.1) is 0 Å². The molecular formula is C19H12F6N2O2. The fourth-order valence-corrected chi connectivity index (χ4v) is 2.76. The Bertz CT molecular complexity index is 963. The number of benzene rings is 2. The van der Waals surface area contributed by atoms with Crippen molar-refractivity contribution in [2.45, 2.75) is 12.4 Å². The molecule has 0 spiro atoms. The molecule has 29 heavy (non-hydrogen) atoms. The highest BCUT2D eigenvalue weighted by Gasteiger charge is 2.36. The van der Waals surface area contributed by atoms with E-state index in [9.17, 15) is 35.9 Å². The summed E-state index contributed by atoms with van der Waals surface area (Å²) in [5.41, 5.74) is -2.69. The molecule has 0 atom stereocenters. The minimum absolute atomic E-state index is 0.00434. The van der Waals surface area contributed by atoms with Gasteiger partial charge in [0.25, 0.3) is 5.91 Å². The van der Waals surface area contributed by atoms with E-state index < -0.39 is 40.9 Å². The van der Waals surface area contributed by atoms with Crippen molar-refractivity contribution in [2.75, 3.05) is 16.8 Å². The van der Waals surface area contributed by atoms with E-state index in [4.69, 9.17) is 0 Å². The number of halogens is 6. The zero-order chi connectivity index (χ0) is 21.4. The molecular weight excluding hydrogens is 402 g/mol. The quantitative estimate of drug-likeness (QED) is 0.571. The molecule has 152 valence electrons. The van der Waals surface area contributed by atoms with E-state index >= 15 is 0 Å². The Morgan fingerprint density at radius 2 is 1.55 bits per heavy atom. The molecule has 2 aromatic carbocycles. The van der Waals surface area contributed by atoms with Gasteiger partial charge < -0.3 is 5.32 Å². The van der Waals surface area contributed by atoms with Crippen molar-refractivity contribution in [3.8, 4) is 0 Å². The molecule has 2 aromatic rings. The lowest BCUT2D eigenvalue weighted by atomic mass is 10.0. The molecule has 2 amide bonds. The second-order valence-electron chi connectivity index (χ2n) is 6.16. The van der Waals surface area contributed by atoms with Crippen LogP contribution in [-0.2, 0) is 21.9 Å². The number of nitrogens with one attached hydrogen (secondary N) is 1. The number of carbonyl (C=O) groups is 2. The summed E-state index contributed by atoms with van der Waals surface area (Å²) in [6.45, 7) is -0.337. The van der Waals surface area contributed by atoms with Gasteiger partial charge in [0.1, 0.15) is 6.54 Å². The van der Waals surface area contributed by atoms with Gasteiger partial charge in [-0.25, -0.2) is 0 Å². The second-order valence-corrected chi connectivity index (χ2v) is 6.16. The maximum Gasteiger partial charge on any atom is 0.416 e. The molecule has 0 radical (unpaired) electrons. The first-order valence-electron chi connectivity index (χ1n) is 8.13. The minimum Gasteiger partial charge on any atom is -0.323 e. The number of alkyl halides is 6. The first-order chi connectivity index (χ1) is 13.4. The Labute approximate surface area is 160 Å². The van der Waals surface area contributed by atoms with Crippen molar-refractivity contribution >= 4 is 29.3 Å². The summed E-state index contributed by atoms with van der Waals surface area (Å²) in [7, 11) is 0. The second kappa shape index (κ2) is 7.26. The van der Waals surface area contributed by atoms with E-state index in [1.54, 1.807) is 24.3 Å². The Hall–Kier alpha value is -3.30. The number of fused-ring (bicyclic) bond motifs is 1. The van der Waals surface area contributed by atoms with E-state index in [-0.39, 0.29) is 12.6 Å². The minimum atomic E-state index is -4.99. The number of anilines is 2. The van der Waals surface area contributed by atoms with Crippen molar-refractivity contribution in [2.24, 2.45) is 0 Å². The van der Waals surface area contributed by atoms with Crippen LogP contribution in [0.4, 0.5) is 37.7 Å². The fourth-order valence-electron chi connectivity index (χ4n) is 2.76. The summed E-state index contributed by atoms with van der Waals surface area (Å²) >= 11 is 0. The number of rotatable bonds is 2. The van der Waals surface area contributed by atoms with E-state index in [1.165, 1.54) is 0 Å². The lowest BCUT2D eigenvalue weighted by molar-refractivity contribution is -0.143. The van der Waals surface area contributed by atoms with Crippen molar-refractivity contribution in [1.29, 1.82) is 0 Å². The van der Waals surface area contributed by atoms with Gasteiger partial charge in [0.15, 0.2) is 0 Å². The highest BCUT2D eigenvalue weighted by atomic mass is 19.4. The first-order valence-corrected chi connectivity index (χ1v) is 8.13. The molecule has 0 saturated carbocycles. The third-order valence-electron chi connectivity index (χ3n) is 4.07. The van der Waals surface area contributed by atoms with Crippen LogP contribution in [-0.4, -0.2) is 18.4 Å². The van der Waals surface area contributed by atoms with Gasteiger partial charge >= 0.3 is 12.4 Å². The maximum atomic E-state index is 12.9. The molecule has 10 heteroatoms. The molecule has 4 nitrogen and oxygen atoms in total. The fraction of sp³-hybridized carbons (Fsp3) is 0.158. The van der Waals surface area contributed by atoms with E-state index in [1.807, 2.05) is 0 Å².